The number of carbonyl (C=O) groups excluding carboxylic acids is 4. The van der Waals surface area contributed by atoms with E-state index in [9.17, 15) is 38.4 Å². The second-order valence-electron chi connectivity index (χ2n) is 11.2. The number of nitrogens with two attached hydrogens (primary N) is 1. The van der Waals surface area contributed by atoms with Crippen LogP contribution in [0.1, 0.15) is 69.7 Å². The zero-order valence-corrected chi connectivity index (χ0v) is 29.6. The smallest absolute Gasteiger partial charge is 0.480 e. The highest BCUT2D eigenvalue weighted by atomic mass is 31.2. The normalized spacial score (nSPS) is 11.3. The summed E-state index contributed by atoms with van der Waals surface area (Å²) in [4.78, 5) is 89.2. The lowest BCUT2D eigenvalue weighted by Gasteiger charge is -2.15. The Bertz CT molecular complexity index is 2260. The molecule has 4 rings (SSSR count). The number of ether oxygens (including phenoxy) is 1. The van der Waals surface area contributed by atoms with E-state index in [-0.39, 0.29) is 70.6 Å². The van der Waals surface area contributed by atoms with Crippen molar-refractivity contribution in [2.75, 3.05) is 17.7 Å². The number of terminal acetylenes is 2. The molecule has 2 amide bonds. The number of aromatic amines is 1. The van der Waals surface area contributed by atoms with E-state index in [4.69, 9.17) is 27.8 Å². The van der Waals surface area contributed by atoms with Crippen molar-refractivity contribution in [2.45, 2.75) is 44.6 Å². The van der Waals surface area contributed by atoms with Gasteiger partial charge >= 0.3 is 19.8 Å². The molecule has 2 heterocycles. The van der Waals surface area contributed by atoms with Gasteiger partial charge in [-0.05, 0) is 55.7 Å². The molecule has 0 spiro atoms. The first-order valence-electron chi connectivity index (χ1n) is 16.2. The number of hydrogen-bond acceptors (Lipinski definition) is 15. The average molecular weight is 774 g/mol. The number of benzene rings is 2. The number of aromatic nitrogens is 4. The number of carboxylic acid groups (broad SMARTS) is 1. The molecule has 284 valence electrons. The van der Waals surface area contributed by atoms with Crippen molar-refractivity contribution in [3.8, 4) is 30.8 Å². The van der Waals surface area contributed by atoms with E-state index in [2.05, 4.69) is 39.6 Å². The predicted molar refractivity (Wildman–Crippen MR) is 193 cm³/mol. The number of para-hydroxylation sites is 1. The first-order chi connectivity index (χ1) is 26.3. The largest absolute Gasteiger partial charge is 0.604 e. The number of Topliss-reactive ketones (excluding diaryl/α,β-unsaturated/α-hetero) is 1. The molecule has 2 aromatic carbocycles. The van der Waals surface area contributed by atoms with Crippen molar-refractivity contribution in [3.05, 3.63) is 81.9 Å². The van der Waals surface area contributed by atoms with Gasteiger partial charge in [-0.15, -0.1) is 0 Å². The van der Waals surface area contributed by atoms with Crippen molar-refractivity contribution in [1.29, 1.82) is 0 Å². The van der Waals surface area contributed by atoms with E-state index in [1.165, 1.54) is 36.4 Å². The number of nitrogen functional groups attached to an aromatic ring is 1. The van der Waals surface area contributed by atoms with Crippen molar-refractivity contribution in [2.24, 2.45) is 0 Å². The Balaban J connectivity index is 1.25. The summed E-state index contributed by atoms with van der Waals surface area (Å²) in [7, 11) is -4.08. The van der Waals surface area contributed by atoms with E-state index >= 15 is 0 Å². The second-order valence-corrected chi connectivity index (χ2v) is 12.7. The zero-order valence-electron chi connectivity index (χ0n) is 28.7. The van der Waals surface area contributed by atoms with E-state index in [0.717, 1.165) is 6.20 Å². The van der Waals surface area contributed by atoms with Gasteiger partial charge in [0.25, 0.3) is 17.4 Å². The molecule has 0 aliphatic heterocycles. The van der Waals surface area contributed by atoms with Crippen molar-refractivity contribution >= 4 is 60.2 Å². The number of phosphoric acid groups is 1. The number of amides is 2. The van der Waals surface area contributed by atoms with Gasteiger partial charge < -0.3 is 35.3 Å². The van der Waals surface area contributed by atoms with Gasteiger partial charge in [-0.1, -0.05) is 31.4 Å². The third-order valence-electron chi connectivity index (χ3n) is 7.35. The summed E-state index contributed by atoms with van der Waals surface area (Å²) in [5, 5.41) is 14.6. The topological polar surface area (TPSA) is 281 Å². The van der Waals surface area contributed by atoms with Crippen molar-refractivity contribution < 1.29 is 52.0 Å². The number of unbranched alkanes of at least 4 members (excludes halogenated alkanes) is 2. The highest BCUT2D eigenvalue weighted by Gasteiger charge is 2.28. The molecule has 0 bridgehead atoms. The van der Waals surface area contributed by atoms with E-state index in [0.29, 0.717) is 19.3 Å². The first kappa shape index (κ1) is 40.7. The molecule has 2 aromatic heterocycles. The molecule has 0 fully saturated rings. The van der Waals surface area contributed by atoms with Crippen LogP contribution < -0.4 is 26.7 Å². The number of carboxylic acids is 1. The van der Waals surface area contributed by atoms with Crippen LogP contribution in [0.5, 0.6) is 5.75 Å². The maximum absolute atomic E-state index is 12.9. The van der Waals surface area contributed by atoms with Gasteiger partial charge in [-0.2, -0.15) is 4.98 Å². The first-order valence-corrected chi connectivity index (χ1v) is 17.6. The number of rotatable bonds is 19. The summed E-state index contributed by atoms with van der Waals surface area (Å²) in [6.07, 6.45) is 14.9. The van der Waals surface area contributed by atoms with Crippen LogP contribution in [0, 0.1) is 25.1 Å². The number of fused-ring (bicyclic) bond motifs is 1. The monoisotopic (exact) mass is 773 g/mol. The number of ketones is 1. The van der Waals surface area contributed by atoms with Crippen LogP contribution in [0.3, 0.4) is 0 Å². The molecule has 6 N–H and O–H groups in total. The molecular formula is C35H32N7O12P. The SMILES string of the molecule is C#COP(=O)(OC#C)OCCCCCC(=O)c1ccccc1OC(=O)CC[C@H](NC(=O)c1ccc(NC(=O)c2cnc3nc(N)[nH]c(=O)c3n2)cc1)C(=O)O. The quantitative estimate of drug-likeness (QED) is 0.0228. The van der Waals surface area contributed by atoms with Crippen molar-refractivity contribution in [1.82, 2.24) is 25.3 Å². The van der Waals surface area contributed by atoms with Crippen LogP contribution in [0.4, 0.5) is 11.6 Å². The van der Waals surface area contributed by atoms with E-state index in [1.807, 2.05) is 0 Å². The molecule has 0 aliphatic carbocycles. The molecule has 0 saturated heterocycles. The van der Waals surface area contributed by atoms with Crippen LogP contribution in [-0.4, -0.2) is 67.2 Å². The Labute approximate surface area is 312 Å². The molecule has 20 heteroatoms. The number of carbonyl (C=O) groups is 5. The number of nitrogens with zero attached hydrogens (tertiary/aromatic N) is 3. The number of esters is 1. The summed E-state index contributed by atoms with van der Waals surface area (Å²) < 4.78 is 31.4. The third-order valence-corrected chi connectivity index (χ3v) is 8.51. The standard InChI is InChI=1S/C35H32N7O12P/c1-3-51-55(50,52-4-2)53-19-9-5-6-11-26(43)23-10-7-8-12-27(23)54-28(44)18-17-24(34(48)49)40-31(45)21-13-15-22(16-14-21)38-32(46)25-20-37-30-29(39-25)33(47)42-35(36)41-30/h1-2,7-8,10,12-16,20,24H,5-6,9,11,17-19H2,(H,38,46)(H,40,45)(H,48,49)(H3,36,37,41,42,47)/t24-/m0/s1. The average Bonchev–Trinajstić information content (AvgIpc) is 3.15. The van der Waals surface area contributed by atoms with Crippen molar-refractivity contribution in [3.63, 3.8) is 0 Å². The Hall–Kier alpha value is -7.08. The number of phosphoric ester groups is 1. The van der Waals surface area contributed by atoms with Crippen LogP contribution in [0.2, 0.25) is 0 Å². The van der Waals surface area contributed by atoms with Gasteiger partial charge in [0, 0.05) is 24.1 Å². The Morgan fingerprint density at radius 2 is 1.65 bits per heavy atom. The Morgan fingerprint density at radius 3 is 2.35 bits per heavy atom. The lowest BCUT2D eigenvalue weighted by molar-refractivity contribution is -0.140. The summed E-state index contributed by atoms with van der Waals surface area (Å²) in [6, 6.07) is 9.96. The third kappa shape index (κ3) is 11.7. The fourth-order valence-electron chi connectivity index (χ4n) is 4.74. The zero-order chi connectivity index (χ0) is 40.0. The lowest BCUT2D eigenvalue weighted by Crippen LogP contribution is -2.41. The molecule has 4 aromatic rings. The molecular weight excluding hydrogens is 741 g/mol. The summed E-state index contributed by atoms with van der Waals surface area (Å²) in [6.45, 7) is -0.0717. The van der Waals surface area contributed by atoms with Gasteiger partial charge in [0.05, 0.1) is 18.4 Å². The molecule has 1 atom stereocenters. The number of nitrogens with one attached hydrogen (secondary N) is 3. The van der Waals surface area contributed by atoms with Crippen LogP contribution in [0.25, 0.3) is 11.2 Å². The maximum Gasteiger partial charge on any atom is 0.604 e. The number of aliphatic carboxylic acids is 1. The minimum absolute atomic E-state index is 0.0220. The number of H-pyrrole nitrogens is 1. The number of anilines is 2. The van der Waals surface area contributed by atoms with Gasteiger partial charge in [0.15, 0.2) is 16.9 Å². The van der Waals surface area contributed by atoms with Crippen LogP contribution in [0.15, 0.2) is 59.5 Å². The molecule has 0 unspecified atom stereocenters. The Morgan fingerprint density at radius 1 is 0.945 bits per heavy atom. The van der Waals surface area contributed by atoms with Gasteiger partial charge in [-0.3, -0.25) is 33.5 Å². The van der Waals surface area contributed by atoms with Gasteiger partial charge in [0.1, 0.15) is 29.7 Å². The van der Waals surface area contributed by atoms with E-state index in [1.54, 1.807) is 24.3 Å². The molecule has 0 saturated carbocycles. The maximum atomic E-state index is 12.9. The molecule has 0 aliphatic rings. The van der Waals surface area contributed by atoms with E-state index < -0.39 is 49.6 Å². The highest BCUT2D eigenvalue weighted by Crippen LogP contribution is 2.48. The molecule has 0 radical (unpaired) electrons. The second kappa shape index (κ2) is 19.1. The minimum atomic E-state index is -4.08. The van der Waals surface area contributed by atoms with Crippen LogP contribution in [-0.2, 0) is 27.7 Å². The predicted octanol–water partition coefficient (Wildman–Crippen LogP) is 3.20. The molecule has 55 heavy (non-hydrogen) atoms. The fourth-order valence-corrected chi connectivity index (χ4v) is 5.49. The highest BCUT2D eigenvalue weighted by molar-refractivity contribution is 7.48. The summed E-state index contributed by atoms with van der Waals surface area (Å²) in [5.74, 6) is -4.25. The summed E-state index contributed by atoms with van der Waals surface area (Å²) in [5.41, 5.74) is 4.79. The lowest BCUT2D eigenvalue weighted by atomic mass is 10.0. The molecule has 19 nitrogen and oxygen atoms in total. The van der Waals surface area contributed by atoms with Gasteiger partial charge in [0.2, 0.25) is 5.95 Å². The number of hydrogen-bond donors (Lipinski definition) is 5. The fraction of sp³-hybridized carbons (Fsp3) is 0.229. The minimum Gasteiger partial charge on any atom is -0.480 e. The Kier molecular flexibility index (Phi) is 14.1. The van der Waals surface area contributed by atoms with Crippen LogP contribution >= 0.6 is 7.82 Å². The van der Waals surface area contributed by atoms with Gasteiger partial charge in [-0.25, -0.2) is 19.3 Å². The summed E-state index contributed by atoms with van der Waals surface area (Å²) >= 11 is 0.